The van der Waals surface area contributed by atoms with Gasteiger partial charge >= 0.3 is 0 Å². The third kappa shape index (κ3) is 6.59. The number of thioether (sulfide) groups is 1. The second kappa shape index (κ2) is 11.8. The summed E-state index contributed by atoms with van der Waals surface area (Å²) >= 11 is 7.52. The van der Waals surface area contributed by atoms with E-state index in [-0.39, 0.29) is 5.91 Å². The molecule has 0 unspecified atom stereocenters. The minimum Gasteiger partial charge on any atom is -0.494 e. The van der Waals surface area contributed by atoms with Crippen LogP contribution in [-0.2, 0) is 11.4 Å². The Morgan fingerprint density at radius 3 is 2.46 bits per heavy atom. The van der Waals surface area contributed by atoms with Gasteiger partial charge in [-0.1, -0.05) is 35.9 Å². The zero-order chi connectivity index (χ0) is 24.6. The van der Waals surface area contributed by atoms with Gasteiger partial charge in [0.05, 0.1) is 23.8 Å². The molecular weight excluding hydrogens is 484 g/mol. The summed E-state index contributed by atoms with van der Waals surface area (Å²) in [5.74, 6) is 1.79. The van der Waals surface area contributed by atoms with Crippen molar-refractivity contribution in [2.75, 3.05) is 13.2 Å². The maximum Gasteiger partial charge on any atom is 0.264 e. The number of hydrogen-bond donors (Lipinski definition) is 1. The number of carbonyl (C=O) groups is 1. The van der Waals surface area contributed by atoms with Crippen molar-refractivity contribution >= 4 is 46.2 Å². The highest BCUT2D eigenvalue weighted by Crippen LogP contribution is 2.33. The lowest BCUT2D eigenvalue weighted by atomic mass is 10.2. The van der Waals surface area contributed by atoms with Crippen molar-refractivity contribution < 1.29 is 19.0 Å². The molecule has 1 fully saturated rings. The molecule has 3 aromatic rings. The van der Waals surface area contributed by atoms with E-state index in [0.717, 1.165) is 22.6 Å². The Balaban J connectivity index is 1.48. The number of amides is 1. The largest absolute Gasteiger partial charge is 0.494 e. The second-order valence-electron chi connectivity index (χ2n) is 7.43. The molecule has 8 heteroatoms. The summed E-state index contributed by atoms with van der Waals surface area (Å²) in [6.07, 6.45) is 1.81. The van der Waals surface area contributed by atoms with Gasteiger partial charge in [-0.25, -0.2) is 4.99 Å². The van der Waals surface area contributed by atoms with Gasteiger partial charge in [-0.05, 0) is 79.7 Å². The quantitative estimate of drug-likeness (QED) is 0.329. The van der Waals surface area contributed by atoms with Crippen molar-refractivity contribution in [3.63, 3.8) is 0 Å². The van der Waals surface area contributed by atoms with Crippen LogP contribution in [0.15, 0.2) is 76.6 Å². The summed E-state index contributed by atoms with van der Waals surface area (Å²) in [6, 6.07) is 20.5. The van der Waals surface area contributed by atoms with Gasteiger partial charge in [0, 0.05) is 10.6 Å². The number of halogens is 1. The van der Waals surface area contributed by atoms with E-state index in [2.05, 4.69) is 10.3 Å². The van der Waals surface area contributed by atoms with Crippen molar-refractivity contribution in [2.24, 2.45) is 4.99 Å². The number of ether oxygens (including phenoxy) is 3. The van der Waals surface area contributed by atoms with E-state index in [1.54, 1.807) is 6.08 Å². The van der Waals surface area contributed by atoms with Crippen molar-refractivity contribution in [1.82, 2.24) is 5.32 Å². The Kier molecular flexibility index (Phi) is 8.34. The number of carbonyl (C=O) groups excluding carboxylic acids is 1. The van der Waals surface area contributed by atoms with Gasteiger partial charge in [0.25, 0.3) is 5.91 Å². The topological polar surface area (TPSA) is 69.2 Å². The fourth-order valence-electron chi connectivity index (χ4n) is 3.31. The molecule has 0 bridgehead atoms. The summed E-state index contributed by atoms with van der Waals surface area (Å²) in [7, 11) is 0. The molecule has 1 heterocycles. The Bertz CT molecular complexity index is 1260. The molecule has 0 aliphatic carbocycles. The highest BCUT2D eigenvalue weighted by atomic mass is 35.5. The summed E-state index contributed by atoms with van der Waals surface area (Å²) in [5, 5.41) is 3.99. The average molecular weight is 509 g/mol. The molecule has 0 aromatic heterocycles. The van der Waals surface area contributed by atoms with E-state index in [9.17, 15) is 4.79 Å². The lowest BCUT2D eigenvalue weighted by molar-refractivity contribution is -0.115. The molecule has 4 rings (SSSR count). The number of aliphatic imine (C=N–C) groups is 1. The maximum atomic E-state index is 12.5. The third-order valence-electron chi connectivity index (χ3n) is 4.94. The molecule has 1 saturated heterocycles. The molecule has 180 valence electrons. The summed E-state index contributed by atoms with van der Waals surface area (Å²) in [6.45, 7) is 5.26. The summed E-state index contributed by atoms with van der Waals surface area (Å²) in [5.41, 5.74) is 2.44. The lowest BCUT2D eigenvalue weighted by Gasteiger charge is -2.13. The van der Waals surface area contributed by atoms with Crippen LogP contribution < -0.4 is 19.5 Å². The molecule has 0 saturated carbocycles. The highest BCUT2D eigenvalue weighted by Gasteiger charge is 2.24. The van der Waals surface area contributed by atoms with Gasteiger partial charge in [0.2, 0.25) is 0 Å². The first-order valence-electron chi connectivity index (χ1n) is 11.2. The zero-order valence-electron chi connectivity index (χ0n) is 19.4. The van der Waals surface area contributed by atoms with E-state index in [1.807, 2.05) is 80.6 Å². The Morgan fingerprint density at radius 1 is 0.943 bits per heavy atom. The molecular formula is C27H25ClN2O4S. The number of benzene rings is 3. The Labute approximate surface area is 214 Å². The smallest absolute Gasteiger partial charge is 0.264 e. The van der Waals surface area contributed by atoms with E-state index >= 15 is 0 Å². The summed E-state index contributed by atoms with van der Waals surface area (Å²) in [4.78, 5) is 17.6. The van der Waals surface area contributed by atoms with Gasteiger partial charge in [-0.2, -0.15) is 0 Å². The monoisotopic (exact) mass is 508 g/mol. The molecule has 0 atom stereocenters. The SMILES string of the molecule is CCOc1ccc(N=C2NC(=O)/C(=C\c3ccc(OCc4ccccc4Cl)c(OCC)c3)S2)cc1. The van der Waals surface area contributed by atoms with Crippen LogP contribution in [0, 0.1) is 0 Å². The van der Waals surface area contributed by atoms with Gasteiger partial charge in [-0.3, -0.25) is 4.79 Å². The molecule has 0 spiro atoms. The normalized spacial score (nSPS) is 15.3. The first-order valence-corrected chi connectivity index (χ1v) is 12.4. The van der Waals surface area contributed by atoms with Crippen molar-refractivity contribution in [2.45, 2.75) is 20.5 Å². The average Bonchev–Trinajstić information content (AvgIpc) is 3.19. The molecule has 35 heavy (non-hydrogen) atoms. The zero-order valence-corrected chi connectivity index (χ0v) is 21.0. The Morgan fingerprint density at radius 2 is 1.71 bits per heavy atom. The van der Waals surface area contributed by atoms with Crippen molar-refractivity contribution in [1.29, 1.82) is 0 Å². The van der Waals surface area contributed by atoms with E-state index < -0.39 is 0 Å². The van der Waals surface area contributed by atoms with Crippen LogP contribution >= 0.6 is 23.4 Å². The number of nitrogens with zero attached hydrogens (tertiary/aromatic N) is 1. The first-order chi connectivity index (χ1) is 17.1. The molecule has 3 aromatic carbocycles. The van der Waals surface area contributed by atoms with Gasteiger partial charge in [0.1, 0.15) is 12.4 Å². The standard InChI is InChI=1S/C27H25ClN2O4S/c1-3-32-21-12-10-20(11-13-21)29-27-30-26(31)25(35-27)16-18-9-14-23(24(15-18)33-4-2)34-17-19-7-5-6-8-22(19)28/h5-16H,3-4,17H2,1-2H3,(H,29,30,31)/b25-16+. The molecule has 1 amide bonds. The predicted molar refractivity (Wildman–Crippen MR) is 142 cm³/mol. The van der Waals surface area contributed by atoms with Gasteiger partial charge < -0.3 is 19.5 Å². The third-order valence-corrected chi connectivity index (χ3v) is 6.21. The van der Waals surface area contributed by atoms with Crippen LogP contribution in [-0.4, -0.2) is 24.3 Å². The Hall–Kier alpha value is -3.42. The lowest BCUT2D eigenvalue weighted by Crippen LogP contribution is -2.19. The van der Waals surface area contributed by atoms with Gasteiger partial charge in [-0.15, -0.1) is 0 Å². The minimum atomic E-state index is -0.198. The van der Waals surface area contributed by atoms with E-state index in [0.29, 0.717) is 46.4 Å². The highest BCUT2D eigenvalue weighted by molar-refractivity contribution is 8.18. The number of hydrogen-bond acceptors (Lipinski definition) is 6. The second-order valence-corrected chi connectivity index (χ2v) is 8.87. The predicted octanol–water partition coefficient (Wildman–Crippen LogP) is 6.61. The van der Waals surface area contributed by atoms with Crippen molar-refractivity contribution in [3.05, 3.63) is 87.8 Å². The molecule has 1 aliphatic heterocycles. The molecule has 1 aliphatic rings. The van der Waals surface area contributed by atoms with Crippen molar-refractivity contribution in [3.8, 4) is 17.2 Å². The molecule has 1 N–H and O–H groups in total. The maximum absolute atomic E-state index is 12.5. The van der Waals surface area contributed by atoms with Crippen LogP contribution in [0.25, 0.3) is 6.08 Å². The number of amidine groups is 1. The van der Waals surface area contributed by atoms with E-state index in [1.165, 1.54) is 11.8 Å². The minimum absolute atomic E-state index is 0.198. The van der Waals surface area contributed by atoms with Crippen LogP contribution in [0.3, 0.4) is 0 Å². The number of nitrogens with one attached hydrogen (secondary N) is 1. The first kappa shape index (κ1) is 24.7. The summed E-state index contributed by atoms with van der Waals surface area (Å²) < 4.78 is 17.2. The fourth-order valence-corrected chi connectivity index (χ4v) is 4.34. The van der Waals surface area contributed by atoms with Crippen LogP contribution in [0.4, 0.5) is 5.69 Å². The van der Waals surface area contributed by atoms with Gasteiger partial charge in [0.15, 0.2) is 16.7 Å². The van der Waals surface area contributed by atoms with E-state index in [4.69, 9.17) is 25.8 Å². The molecule has 0 radical (unpaired) electrons. The molecule has 6 nitrogen and oxygen atoms in total. The van der Waals surface area contributed by atoms with Crippen LogP contribution in [0.5, 0.6) is 17.2 Å². The van der Waals surface area contributed by atoms with Crippen LogP contribution in [0.1, 0.15) is 25.0 Å². The van der Waals surface area contributed by atoms with Crippen LogP contribution in [0.2, 0.25) is 5.02 Å². The number of rotatable bonds is 9. The fraction of sp³-hybridized carbons (Fsp3) is 0.185.